The van der Waals surface area contributed by atoms with Crippen molar-refractivity contribution in [3.05, 3.63) is 41.0 Å². The topological polar surface area (TPSA) is 91.3 Å². The van der Waals surface area contributed by atoms with Gasteiger partial charge in [0.05, 0.1) is 0 Å². The number of urea groups is 1. The van der Waals surface area contributed by atoms with Gasteiger partial charge in [-0.15, -0.1) is 0 Å². The molecule has 2 rings (SSSR count). The Balaban J connectivity index is 2.08. The molecule has 8 heteroatoms. The highest BCUT2D eigenvalue weighted by Crippen LogP contribution is 2.33. The average Bonchev–Trinajstić information content (AvgIpc) is 2.96. The number of carbonyl (C=O) groups excluding carboxylic acids is 1. The Morgan fingerprint density at radius 3 is 2.46 bits per heavy atom. The van der Waals surface area contributed by atoms with Gasteiger partial charge in [-0.25, -0.2) is 9.59 Å². The number of anilines is 1. The number of nitrogens with zero attached hydrogens (tertiary/aromatic N) is 1. The lowest BCUT2D eigenvalue weighted by atomic mass is 10.1. The molecule has 2 aromatic rings. The van der Waals surface area contributed by atoms with Crippen LogP contribution >= 0.6 is 23.3 Å². The molecular formula is C18H23N3O3S2. The molecule has 1 aromatic heterocycles. The van der Waals surface area contributed by atoms with Crippen LogP contribution in [-0.4, -0.2) is 27.5 Å². The fourth-order valence-corrected chi connectivity index (χ4v) is 3.89. The molecule has 0 bridgehead atoms. The molecule has 0 aliphatic heterocycles. The maximum absolute atomic E-state index is 12.1. The minimum Gasteiger partial charge on any atom is -0.477 e. The average molecular weight is 394 g/mol. The van der Waals surface area contributed by atoms with Crippen molar-refractivity contribution in [2.45, 2.75) is 44.5 Å². The fraction of sp³-hybridized carbons (Fsp3) is 0.389. The van der Waals surface area contributed by atoms with Crippen LogP contribution in [0.15, 0.2) is 29.3 Å². The maximum atomic E-state index is 12.1. The number of benzene rings is 1. The number of aromatic carboxylic acids is 1. The number of hydrogen-bond acceptors (Lipinski definition) is 5. The lowest BCUT2D eigenvalue weighted by Gasteiger charge is -2.17. The van der Waals surface area contributed by atoms with E-state index in [1.165, 1.54) is 17.3 Å². The Morgan fingerprint density at radius 1 is 1.23 bits per heavy atom. The number of thioether (sulfide) groups is 1. The van der Waals surface area contributed by atoms with Crippen LogP contribution in [0.1, 0.15) is 42.3 Å². The van der Waals surface area contributed by atoms with Crippen molar-refractivity contribution >= 4 is 40.3 Å². The molecule has 1 unspecified atom stereocenters. The highest BCUT2D eigenvalue weighted by atomic mass is 32.2. The van der Waals surface area contributed by atoms with Crippen molar-refractivity contribution in [1.82, 2.24) is 9.69 Å². The van der Waals surface area contributed by atoms with Gasteiger partial charge in [-0.3, -0.25) is 5.32 Å². The van der Waals surface area contributed by atoms with Gasteiger partial charge in [0.15, 0.2) is 0 Å². The second-order valence-corrected chi connectivity index (χ2v) is 8.14. The molecule has 0 saturated carbocycles. The number of nitrogens with one attached hydrogen (secondary N) is 2. The predicted octanol–water partition coefficient (Wildman–Crippen LogP) is 4.61. The summed E-state index contributed by atoms with van der Waals surface area (Å²) in [6.45, 7) is 7.92. The van der Waals surface area contributed by atoms with Crippen molar-refractivity contribution in [3.8, 4) is 0 Å². The molecule has 0 aliphatic carbocycles. The second-order valence-electron chi connectivity index (χ2n) is 6.40. The molecule has 26 heavy (non-hydrogen) atoms. The van der Waals surface area contributed by atoms with E-state index in [0.29, 0.717) is 10.8 Å². The van der Waals surface area contributed by atoms with Crippen molar-refractivity contribution < 1.29 is 14.7 Å². The zero-order chi connectivity index (χ0) is 19.3. The van der Waals surface area contributed by atoms with Gasteiger partial charge in [0, 0.05) is 11.8 Å². The number of amides is 2. The van der Waals surface area contributed by atoms with Gasteiger partial charge in [-0.1, -0.05) is 55.4 Å². The van der Waals surface area contributed by atoms with Crippen LogP contribution in [0.25, 0.3) is 0 Å². The van der Waals surface area contributed by atoms with Crippen LogP contribution in [0.4, 0.5) is 9.80 Å². The molecular weight excluding hydrogens is 370 g/mol. The summed E-state index contributed by atoms with van der Waals surface area (Å²) in [4.78, 5) is 23.7. The van der Waals surface area contributed by atoms with Gasteiger partial charge >= 0.3 is 12.0 Å². The number of rotatable bonds is 7. The van der Waals surface area contributed by atoms with Gasteiger partial charge in [0.1, 0.15) is 15.6 Å². The minimum atomic E-state index is -1.10. The first kappa shape index (κ1) is 20.3. The molecule has 1 atom stereocenters. The quantitative estimate of drug-likeness (QED) is 0.598. The summed E-state index contributed by atoms with van der Waals surface area (Å²) in [6.07, 6.45) is 0. The summed E-state index contributed by atoms with van der Waals surface area (Å²) in [5.41, 5.74) is 2.30. The molecule has 0 saturated heterocycles. The second kappa shape index (κ2) is 9.05. The number of aromatic nitrogens is 1. The molecule has 140 valence electrons. The first-order valence-corrected chi connectivity index (χ1v) is 10.0. The van der Waals surface area contributed by atoms with Crippen LogP contribution < -0.4 is 10.6 Å². The number of aryl methyl sites for hydroxylation is 1. The smallest absolute Gasteiger partial charge is 0.341 e. The molecule has 0 fully saturated rings. The Morgan fingerprint density at radius 2 is 1.88 bits per heavy atom. The van der Waals surface area contributed by atoms with Crippen LogP contribution in [-0.2, 0) is 5.75 Å². The largest absolute Gasteiger partial charge is 0.477 e. The van der Waals surface area contributed by atoms with E-state index in [1.807, 2.05) is 52.0 Å². The van der Waals surface area contributed by atoms with E-state index in [4.69, 9.17) is 0 Å². The summed E-state index contributed by atoms with van der Waals surface area (Å²) in [5.74, 6) is -0.209. The Bertz CT molecular complexity index is 772. The molecule has 0 radical (unpaired) electrons. The standard InChI is InChI=1S/C18H23N3O3S2/c1-10(2)12(4)19-18(24)20-15-14(17(22)23)16(21-26-15)25-9-13-7-5-11(3)6-8-13/h5-8,10,12H,9H2,1-4H3,(H,22,23)(H2,19,20,24). The molecule has 1 heterocycles. The molecule has 6 nitrogen and oxygen atoms in total. The summed E-state index contributed by atoms with van der Waals surface area (Å²) in [6, 6.07) is 7.60. The minimum absolute atomic E-state index is 0.0217. The third kappa shape index (κ3) is 5.47. The number of hydrogen-bond donors (Lipinski definition) is 3. The molecule has 3 N–H and O–H groups in total. The number of carboxylic acids is 1. The predicted molar refractivity (Wildman–Crippen MR) is 106 cm³/mol. The van der Waals surface area contributed by atoms with Crippen molar-refractivity contribution in [1.29, 1.82) is 0 Å². The van der Waals surface area contributed by atoms with Crippen LogP contribution in [0, 0.1) is 12.8 Å². The van der Waals surface area contributed by atoms with Gasteiger partial charge in [0.25, 0.3) is 0 Å². The van der Waals surface area contributed by atoms with E-state index in [1.54, 1.807) is 0 Å². The van der Waals surface area contributed by atoms with Crippen molar-refractivity contribution in [3.63, 3.8) is 0 Å². The van der Waals surface area contributed by atoms with Crippen molar-refractivity contribution in [2.75, 3.05) is 5.32 Å². The molecule has 0 spiro atoms. The van der Waals surface area contributed by atoms with Gasteiger partial charge in [-0.05, 0) is 36.9 Å². The van der Waals surface area contributed by atoms with Crippen LogP contribution in [0.5, 0.6) is 0 Å². The normalized spacial score (nSPS) is 12.0. The summed E-state index contributed by atoms with van der Waals surface area (Å²) >= 11 is 2.33. The van der Waals surface area contributed by atoms with E-state index in [-0.39, 0.29) is 22.5 Å². The Kier molecular flexibility index (Phi) is 7.05. The zero-order valence-electron chi connectivity index (χ0n) is 15.2. The lowest BCUT2D eigenvalue weighted by molar-refractivity contribution is 0.0694. The molecule has 2 amide bonds. The summed E-state index contributed by atoms with van der Waals surface area (Å²) in [7, 11) is 0. The van der Waals surface area contributed by atoms with E-state index in [2.05, 4.69) is 15.0 Å². The molecule has 0 aliphatic rings. The number of carbonyl (C=O) groups is 2. The van der Waals surface area contributed by atoms with E-state index >= 15 is 0 Å². The third-order valence-electron chi connectivity index (χ3n) is 3.96. The SMILES string of the molecule is Cc1ccc(CSc2nsc(NC(=O)NC(C)C(C)C)c2C(=O)O)cc1. The van der Waals surface area contributed by atoms with Gasteiger partial charge in [0.2, 0.25) is 0 Å². The first-order chi connectivity index (χ1) is 12.3. The van der Waals surface area contributed by atoms with Crippen molar-refractivity contribution in [2.24, 2.45) is 5.92 Å². The number of carboxylic acid groups (broad SMARTS) is 1. The first-order valence-electron chi connectivity index (χ1n) is 8.26. The molecule has 1 aromatic carbocycles. The van der Waals surface area contributed by atoms with Crippen LogP contribution in [0.2, 0.25) is 0 Å². The zero-order valence-corrected chi connectivity index (χ0v) is 16.8. The monoisotopic (exact) mass is 393 g/mol. The van der Waals surface area contributed by atoms with Crippen LogP contribution in [0.3, 0.4) is 0 Å². The van der Waals surface area contributed by atoms with E-state index in [0.717, 1.165) is 17.1 Å². The lowest BCUT2D eigenvalue weighted by Crippen LogP contribution is -2.39. The Labute approximate surface area is 161 Å². The van der Waals surface area contributed by atoms with E-state index in [9.17, 15) is 14.7 Å². The third-order valence-corrected chi connectivity index (χ3v) is 5.88. The van der Waals surface area contributed by atoms with Gasteiger partial charge in [-0.2, -0.15) is 4.37 Å². The summed E-state index contributed by atoms with van der Waals surface area (Å²) in [5, 5.41) is 15.6. The Hall–Kier alpha value is -2.06. The highest BCUT2D eigenvalue weighted by molar-refractivity contribution is 7.98. The van der Waals surface area contributed by atoms with Gasteiger partial charge < -0.3 is 10.4 Å². The fourth-order valence-electron chi connectivity index (χ4n) is 2.00. The maximum Gasteiger partial charge on any atom is 0.341 e. The highest BCUT2D eigenvalue weighted by Gasteiger charge is 2.23. The van der Waals surface area contributed by atoms with E-state index < -0.39 is 12.0 Å². The summed E-state index contributed by atoms with van der Waals surface area (Å²) < 4.78 is 4.22.